The number of carbonyl (C=O) groups is 1. The maximum atomic E-state index is 11.6. The van der Waals surface area contributed by atoms with E-state index < -0.39 is 0 Å². The number of aromatic amines is 1. The third-order valence-corrected chi connectivity index (χ3v) is 2.63. The lowest BCUT2D eigenvalue weighted by molar-refractivity contribution is 0.102. The molecule has 0 aliphatic heterocycles. The molecule has 2 rings (SSSR count). The Morgan fingerprint density at radius 2 is 2.47 bits per heavy atom. The quantitative estimate of drug-likeness (QED) is 0.670. The van der Waals surface area contributed by atoms with E-state index in [0.717, 1.165) is 4.88 Å². The summed E-state index contributed by atoms with van der Waals surface area (Å²) in [7, 11) is 0. The van der Waals surface area contributed by atoms with Crippen LogP contribution in [-0.2, 0) is 0 Å². The number of anilines is 1. The number of nitrogens with two attached hydrogens (primary N) is 1. The van der Waals surface area contributed by atoms with Crippen LogP contribution in [0.1, 0.15) is 15.2 Å². The molecule has 0 aliphatic carbocycles. The molecular weight excluding hydrogens is 238 g/mol. The van der Waals surface area contributed by atoms with Crippen LogP contribution in [0.5, 0.6) is 0 Å². The molecule has 0 saturated carbocycles. The Kier molecular flexibility index (Phi) is 3.49. The Labute approximate surface area is 101 Å². The second-order valence-electron chi connectivity index (χ2n) is 2.98. The molecule has 4 N–H and O–H groups in total. The molecule has 0 bridgehead atoms. The molecule has 7 heteroatoms. The summed E-state index contributed by atoms with van der Waals surface area (Å²) in [5.41, 5.74) is 5.71. The standard InChI is InChI=1S/C10H9N5OS/c11-3-1-2-8-6-12-10(17-8)15-9(16)7-4-13-14-5-7/h4-6H,3,11H2,(H,13,14)(H,12,15,16). The van der Waals surface area contributed by atoms with Gasteiger partial charge in [0, 0.05) is 6.20 Å². The van der Waals surface area contributed by atoms with Crippen LogP contribution >= 0.6 is 11.3 Å². The van der Waals surface area contributed by atoms with E-state index in [2.05, 4.69) is 32.3 Å². The number of hydrogen-bond acceptors (Lipinski definition) is 5. The number of rotatable bonds is 2. The predicted molar refractivity (Wildman–Crippen MR) is 64.6 cm³/mol. The zero-order chi connectivity index (χ0) is 12.1. The maximum Gasteiger partial charge on any atom is 0.260 e. The third kappa shape index (κ3) is 2.90. The highest BCUT2D eigenvalue weighted by molar-refractivity contribution is 7.16. The van der Waals surface area contributed by atoms with E-state index >= 15 is 0 Å². The Bertz CT molecular complexity index is 563. The minimum atomic E-state index is -0.258. The fraction of sp³-hybridized carbons (Fsp3) is 0.100. The highest BCUT2D eigenvalue weighted by atomic mass is 32.1. The molecule has 6 nitrogen and oxygen atoms in total. The van der Waals surface area contributed by atoms with Crippen LogP contribution in [0, 0.1) is 11.8 Å². The monoisotopic (exact) mass is 247 g/mol. The van der Waals surface area contributed by atoms with E-state index in [1.807, 2.05) is 0 Å². The van der Waals surface area contributed by atoms with Gasteiger partial charge in [0.1, 0.15) is 0 Å². The van der Waals surface area contributed by atoms with Crippen molar-refractivity contribution in [2.75, 3.05) is 11.9 Å². The van der Waals surface area contributed by atoms with Crippen molar-refractivity contribution in [1.82, 2.24) is 15.2 Å². The molecule has 1 amide bonds. The highest BCUT2D eigenvalue weighted by Crippen LogP contribution is 2.17. The number of aromatic nitrogens is 3. The normalized spacial score (nSPS) is 9.47. The van der Waals surface area contributed by atoms with Crippen LogP contribution in [-0.4, -0.2) is 27.6 Å². The molecule has 2 aromatic rings. The smallest absolute Gasteiger partial charge is 0.260 e. The summed E-state index contributed by atoms with van der Waals surface area (Å²) in [6, 6.07) is 0. The fourth-order valence-corrected chi connectivity index (χ4v) is 1.76. The van der Waals surface area contributed by atoms with Gasteiger partial charge in [0.25, 0.3) is 5.91 Å². The van der Waals surface area contributed by atoms with Crippen molar-refractivity contribution in [2.24, 2.45) is 5.73 Å². The van der Waals surface area contributed by atoms with Gasteiger partial charge in [-0.3, -0.25) is 15.2 Å². The number of carbonyl (C=O) groups excluding carboxylic acids is 1. The van der Waals surface area contributed by atoms with Crippen molar-refractivity contribution >= 4 is 22.4 Å². The predicted octanol–water partition coefficient (Wildman–Crippen LogP) is 0.429. The number of nitrogens with one attached hydrogen (secondary N) is 2. The summed E-state index contributed by atoms with van der Waals surface area (Å²) in [5.74, 6) is 5.31. The lowest BCUT2D eigenvalue weighted by Crippen LogP contribution is -2.10. The summed E-state index contributed by atoms with van der Waals surface area (Å²) in [4.78, 5) is 16.4. The van der Waals surface area contributed by atoms with E-state index in [9.17, 15) is 4.79 Å². The first-order valence-electron chi connectivity index (χ1n) is 4.74. The summed E-state index contributed by atoms with van der Waals surface area (Å²) in [5, 5.41) is 9.41. The van der Waals surface area contributed by atoms with Crippen LogP contribution in [0.4, 0.5) is 5.13 Å². The van der Waals surface area contributed by atoms with Crippen LogP contribution in [0.15, 0.2) is 18.6 Å². The molecule has 0 aliphatic rings. The molecule has 86 valence electrons. The van der Waals surface area contributed by atoms with E-state index in [0.29, 0.717) is 17.2 Å². The van der Waals surface area contributed by atoms with Crippen molar-refractivity contribution in [3.8, 4) is 11.8 Å². The molecule has 2 aromatic heterocycles. The number of hydrogen-bond donors (Lipinski definition) is 3. The van der Waals surface area contributed by atoms with Gasteiger partial charge in [-0.05, 0) is 0 Å². The van der Waals surface area contributed by atoms with E-state index in [1.165, 1.54) is 23.7 Å². The maximum absolute atomic E-state index is 11.6. The number of amides is 1. The lowest BCUT2D eigenvalue weighted by Gasteiger charge is -1.96. The third-order valence-electron chi connectivity index (χ3n) is 1.80. The van der Waals surface area contributed by atoms with Gasteiger partial charge in [-0.15, -0.1) is 0 Å². The topological polar surface area (TPSA) is 96.7 Å². The summed E-state index contributed by atoms with van der Waals surface area (Å²) >= 11 is 1.30. The van der Waals surface area contributed by atoms with Crippen molar-refractivity contribution in [3.63, 3.8) is 0 Å². The van der Waals surface area contributed by atoms with Crippen molar-refractivity contribution in [3.05, 3.63) is 29.0 Å². The zero-order valence-corrected chi connectivity index (χ0v) is 9.54. The first-order chi connectivity index (χ1) is 8.29. The Morgan fingerprint density at radius 3 is 3.18 bits per heavy atom. The summed E-state index contributed by atoms with van der Waals surface area (Å²) < 4.78 is 0. The lowest BCUT2D eigenvalue weighted by atomic mass is 10.3. The first-order valence-corrected chi connectivity index (χ1v) is 5.56. The summed E-state index contributed by atoms with van der Waals surface area (Å²) in [6.45, 7) is 0.300. The van der Waals surface area contributed by atoms with E-state index in [4.69, 9.17) is 5.73 Å². The molecule has 0 aromatic carbocycles. The largest absolute Gasteiger partial charge is 0.320 e. The Balaban J connectivity index is 2.04. The van der Waals surface area contributed by atoms with Gasteiger partial charge >= 0.3 is 0 Å². The van der Waals surface area contributed by atoms with Crippen LogP contribution < -0.4 is 11.1 Å². The minimum Gasteiger partial charge on any atom is -0.320 e. The summed E-state index contributed by atoms with van der Waals surface area (Å²) in [6.07, 6.45) is 4.55. The second kappa shape index (κ2) is 5.25. The van der Waals surface area contributed by atoms with Gasteiger partial charge in [-0.2, -0.15) is 5.10 Å². The molecule has 0 unspecified atom stereocenters. The Morgan fingerprint density at radius 1 is 1.59 bits per heavy atom. The number of thiazole rings is 1. The molecule has 0 radical (unpaired) electrons. The molecule has 0 spiro atoms. The molecule has 0 fully saturated rings. The minimum absolute atomic E-state index is 0.258. The van der Waals surface area contributed by atoms with Gasteiger partial charge in [-0.1, -0.05) is 23.2 Å². The number of nitrogens with zero attached hydrogens (tertiary/aromatic N) is 2. The molecule has 0 saturated heterocycles. The van der Waals surface area contributed by atoms with Gasteiger partial charge in [-0.25, -0.2) is 4.98 Å². The molecule has 0 atom stereocenters. The number of H-pyrrole nitrogens is 1. The average Bonchev–Trinajstić information content (AvgIpc) is 2.97. The molecule has 17 heavy (non-hydrogen) atoms. The zero-order valence-electron chi connectivity index (χ0n) is 8.73. The van der Waals surface area contributed by atoms with Gasteiger partial charge in [0.05, 0.1) is 29.4 Å². The van der Waals surface area contributed by atoms with Gasteiger partial charge < -0.3 is 5.73 Å². The highest BCUT2D eigenvalue weighted by Gasteiger charge is 2.09. The Hall–Kier alpha value is -2.17. The van der Waals surface area contributed by atoms with Crippen LogP contribution in [0.3, 0.4) is 0 Å². The van der Waals surface area contributed by atoms with Crippen molar-refractivity contribution < 1.29 is 4.79 Å². The average molecular weight is 247 g/mol. The van der Waals surface area contributed by atoms with E-state index in [1.54, 1.807) is 6.20 Å². The van der Waals surface area contributed by atoms with Gasteiger partial charge in [0.2, 0.25) is 0 Å². The fourth-order valence-electron chi connectivity index (χ4n) is 1.07. The SMILES string of the molecule is NCC#Cc1cnc(NC(=O)c2cn[nH]c2)s1. The van der Waals surface area contributed by atoms with Crippen LogP contribution in [0.25, 0.3) is 0 Å². The van der Waals surface area contributed by atoms with Crippen molar-refractivity contribution in [2.45, 2.75) is 0 Å². The first kappa shape index (κ1) is 11.3. The van der Waals surface area contributed by atoms with Crippen molar-refractivity contribution in [1.29, 1.82) is 0 Å². The second-order valence-corrected chi connectivity index (χ2v) is 4.01. The molecule has 2 heterocycles. The van der Waals surface area contributed by atoms with Gasteiger partial charge in [0.15, 0.2) is 5.13 Å². The molecular formula is C10H9N5OS. The van der Waals surface area contributed by atoms with E-state index in [-0.39, 0.29) is 5.91 Å². The van der Waals surface area contributed by atoms with Crippen LogP contribution in [0.2, 0.25) is 0 Å².